The molecule has 0 fully saturated rings. The smallest absolute Gasteiger partial charge is 0.271 e. The molecule has 1 aliphatic heterocycles. The summed E-state index contributed by atoms with van der Waals surface area (Å²) in [4.78, 5) is 14.9. The van der Waals surface area contributed by atoms with E-state index >= 15 is 0 Å². The predicted molar refractivity (Wildman–Crippen MR) is 103 cm³/mol. The van der Waals surface area contributed by atoms with Crippen molar-refractivity contribution in [3.8, 4) is 11.8 Å². The molecule has 4 heteroatoms. The molecule has 134 valence electrons. The SMILES string of the molecule is CC(c1ccccc1)N1CCn2cc(C#Cc3cccc(F)c3)cc2C1=O. The number of benzene rings is 2. The number of rotatable bonds is 2. The molecule has 3 nitrogen and oxygen atoms in total. The Balaban J connectivity index is 1.58. The van der Waals surface area contributed by atoms with Gasteiger partial charge < -0.3 is 9.47 Å². The zero-order valence-corrected chi connectivity index (χ0v) is 15.0. The lowest BCUT2D eigenvalue weighted by Gasteiger charge is -2.33. The number of amides is 1. The largest absolute Gasteiger partial charge is 0.340 e. The monoisotopic (exact) mass is 358 g/mol. The Kier molecular flexibility index (Phi) is 4.52. The van der Waals surface area contributed by atoms with E-state index in [2.05, 4.69) is 18.8 Å². The minimum Gasteiger partial charge on any atom is -0.340 e. The summed E-state index contributed by atoms with van der Waals surface area (Å²) in [5.41, 5.74) is 3.14. The number of nitrogens with zero attached hydrogens (tertiary/aromatic N) is 2. The predicted octanol–water partition coefficient (Wildman–Crippen LogP) is 4.24. The number of fused-ring (bicyclic) bond motifs is 1. The van der Waals surface area contributed by atoms with Crippen LogP contribution in [0.25, 0.3) is 0 Å². The molecule has 0 aliphatic carbocycles. The van der Waals surface area contributed by atoms with Gasteiger partial charge in [-0.05, 0) is 36.8 Å². The maximum absolute atomic E-state index is 13.3. The van der Waals surface area contributed by atoms with Crippen LogP contribution in [0.2, 0.25) is 0 Å². The van der Waals surface area contributed by atoms with Gasteiger partial charge in [-0.25, -0.2) is 4.39 Å². The van der Waals surface area contributed by atoms with Crippen molar-refractivity contribution in [3.05, 3.63) is 95.1 Å². The summed E-state index contributed by atoms with van der Waals surface area (Å²) in [7, 11) is 0. The fourth-order valence-electron chi connectivity index (χ4n) is 3.40. The lowest BCUT2D eigenvalue weighted by molar-refractivity contribution is 0.0632. The maximum atomic E-state index is 13.3. The first-order valence-corrected chi connectivity index (χ1v) is 8.95. The topological polar surface area (TPSA) is 25.2 Å². The van der Waals surface area contributed by atoms with Crippen molar-refractivity contribution < 1.29 is 9.18 Å². The van der Waals surface area contributed by atoms with Crippen molar-refractivity contribution in [2.24, 2.45) is 0 Å². The summed E-state index contributed by atoms with van der Waals surface area (Å²) in [5.74, 6) is 5.69. The Morgan fingerprint density at radius 1 is 0.963 bits per heavy atom. The van der Waals surface area contributed by atoms with Crippen LogP contribution in [0.3, 0.4) is 0 Å². The average Bonchev–Trinajstić information content (AvgIpc) is 3.11. The summed E-state index contributed by atoms with van der Waals surface area (Å²) in [6.45, 7) is 3.45. The van der Waals surface area contributed by atoms with Crippen LogP contribution in [-0.2, 0) is 6.54 Å². The number of carbonyl (C=O) groups excluding carboxylic acids is 1. The van der Waals surface area contributed by atoms with Gasteiger partial charge in [0.05, 0.1) is 6.04 Å². The Bertz CT molecular complexity index is 1040. The minimum atomic E-state index is -0.307. The van der Waals surface area contributed by atoms with Gasteiger partial charge in [-0.1, -0.05) is 48.2 Å². The molecule has 0 saturated heterocycles. The van der Waals surface area contributed by atoms with Gasteiger partial charge in [0.25, 0.3) is 5.91 Å². The summed E-state index contributed by atoms with van der Waals surface area (Å²) >= 11 is 0. The third-order valence-corrected chi connectivity index (χ3v) is 4.88. The molecular formula is C23H19FN2O. The molecule has 1 amide bonds. The fraction of sp³-hybridized carbons (Fsp3) is 0.174. The van der Waals surface area contributed by atoms with Crippen molar-refractivity contribution >= 4 is 5.91 Å². The van der Waals surface area contributed by atoms with Crippen LogP contribution < -0.4 is 0 Å². The Morgan fingerprint density at radius 2 is 1.74 bits per heavy atom. The van der Waals surface area contributed by atoms with Crippen LogP contribution in [0.1, 0.15) is 40.1 Å². The van der Waals surface area contributed by atoms with E-state index in [9.17, 15) is 9.18 Å². The van der Waals surface area contributed by atoms with Gasteiger partial charge in [0, 0.05) is 30.4 Å². The molecule has 0 spiro atoms. The molecule has 0 bridgehead atoms. The van der Waals surface area contributed by atoms with E-state index in [4.69, 9.17) is 0 Å². The van der Waals surface area contributed by atoms with Gasteiger partial charge in [-0.15, -0.1) is 0 Å². The van der Waals surface area contributed by atoms with Crippen LogP contribution >= 0.6 is 0 Å². The molecule has 1 aromatic heterocycles. The van der Waals surface area contributed by atoms with Gasteiger partial charge in [-0.2, -0.15) is 0 Å². The molecular weight excluding hydrogens is 339 g/mol. The number of carbonyl (C=O) groups is 1. The first-order valence-electron chi connectivity index (χ1n) is 8.95. The average molecular weight is 358 g/mol. The molecule has 3 aromatic rings. The molecule has 1 atom stereocenters. The van der Waals surface area contributed by atoms with Gasteiger partial charge in [-0.3, -0.25) is 4.79 Å². The molecule has 1 unspecified atom stereocenters. The molecule has 0 N–H and O–H groups in total. The summed E-state index contributed by atoms with van der Waals surface area (Å²) in [6.07, 6.45) is 1.89. The third kappa shape index (κ3) is 3.50. The highest BCUT2D eigenvalue weighted by Crippen LogP contribution is 2.26. The van der Waals surface area contributed by atoms with E-state index < -0.39 is 0 Å². The maximum Gasteiger partial charge on any atom is 0.271 e. The summed E-state index contributed by atoms with van der Waals surface area (Å²) < 4.78 is 15.2. The number of hydrogen-bond acceptors (Lipinski definition) is 1. The van der Waals surface area contributed by atoms with E-state index in [0.29, 0.717) is 17.8 Å². The van der Waals surface area contributed by atoms with Crippen LogP contribution in [0, 0.1) is 17.7 Å². The molecule has 27 heavy (non-hydrogen) atoms. The van der Waals surface area contributed by atoms with E-state index in [-0.39, 0.29) is 17.8 Å². The van der Waals surface area contributed by atoms with Crippen molar-refractivity contribution in [1.29, 1.82) is 0 Å². The molecule has 4 rings (SSSR count). The van der Waals surface area contributed by atoms with E-state index in [1.807, 2.05) is 52.1 Å². The van der Waals surface area contributed by atoms with Crippen molar-refractivity contribution in [2.75, 3.05) is 6.54 Å². The normalized spacial score (nSPS) is 14.3. The summed E-state index contributed by atoms with van der Waals surface area (Å²) in [5, 5.41) is 0. The van der Waals surface area contributed by atoms with E-state index in [1.54, 1.807) is 12.1 Å². The second kappa shape index (κ2) is 7.13. The van der Waals surface area contributed by atoms with Gasteiger partial charge in [0.15, 0.2) is 0 Å². The van der Waals surface area contributed by atoms with Crippen LogP contribution in [0.15, 0.2) is 66.9 Å². The number of hydrogen-bond donors (Lipinski definition) is 0. The number of halogens is 1. The van der Waals surface area contributed by atoms with E-state index in [0.717, 1.165) is 17.7 Å². The van der Waals surface area contributed by atoms with Gasteiger partial charge >= 0.3 is 0 Å². The van der Waals surface area contributed by atoms with Crippen LogP contribution in [-0.4, -0.2) is 21.9 Å². The van der Waals surface area contributed by atoms with Crippen molar-refractivity contribution in [1.82, 2.24) is 9.47 Å². The molecule has 0 saturated carbocycles. The lowest BCUT2D eigenvalue weighted by atomic mass is 10.1. The van der Waals surface area contributed by atoms with Gasteiger partial charge in [0.1, 0.15) is 11.5 Å². The molecule has 2 aromatic carbocycles. The van der Waals surface area contributed by atoms with Crippen LogP contribution in [0.5, 0.6) is 0 Å². The molecule has 0 radical (unpaired) electrons. The van der Waals surface area contributed by atoms with Crippen LogP contribution in [0.4, 0.5) is 4.39 Å². The first-order chi connectivity index (χ1) is 13.1. The number of aromatic nitrogens is 1. The summed E-state index contributed by atoms with van der Waals surface area (Å²) in [6, 6.07) is 18.1. The minimum absolute atomic E-state index is 0.0106. The first kappa shape index (κ1) is 17.1. The highest BCUT2D eigenvalue weighted by Gasteiger charge is 2.29. The second-order valence-corrected chi connectivity index (χ2v) is 6.65. The Hall–Kier alpha value is -3.32. The Morgan fingerprint density at radius 3 is 2.52 bits per heavy atom. The van der Waals surface area contributed by atoms with Gasteiger partial charge in [0.2, 0.25) is 0 Å². The molecule has 2 heterocycles. The Labute approximate surface area is 158 Å². The highest BCUT2D eigenvalue weighted by molar-refractivity contribution is 5.94. The quantitative estimate of drug-likeness (QED) is 0.629. The zero-order valence-electron chi connectivity index (χ0n) is 15.0. The fourth-order valence-corrected chi connectivity index (χ4v) is 3.40. The van der Waals surface area contributed by atoms with Crippen molar-refractivity contribution in [3.63, 3.8) is 0 Å². The highest BCUT2D eigenvalue weighted by atomic mass is 19.1. The third-order valence-electron chi connectivity index (χ3n) is 4.88. The zero-order chi connectivity index (χ0) is 18.8. The van der Waals surface area contributed by atoms with Crippen molar-refractivity contribution in [2.45, 2.75) is 19.5 Å². The standard InChI is InChI=1S/C23H19FN2O/c1-17(20-7-3-2-4-8-20)26-13-12-25-16-19(15-22(25)23(26)27)11-10-18-6-5-9-21(24)14-18/h2-9,14-17H,12-13H2,1H3. The lowest BCUT2D eigenvalue weighted by Crippen LogP contribution is -2.41. The second-order valence-electron chi connectivity index (χ2n) is 6.65. The van der Waals surface area contributed by atoms with E-state index in [1.165, 1.54) is 12.1 Å². The molecule has 1 aliphatic rings.